The van der Waals surface area contributed by atoms with Crippen LogP contribution in [0.5, 0.6) is 0 Å². The van der Waals surface area contributed by atoms with Crippen molar-refractivity contribution in [2.24, 2.45) is 7.05 Å². The van der Waals surface area contributed by atoms with Crippen molar-refractivity contribution in [1.82, 2.24) is 9.78 Å². The summed E-state index contributed by atoms with van der Waals surface area (Å²) in [6.45, 7) is 4.22. The van der Waals surface area contributed by atoms with E-state index in [1.165, 1.54) is 11.1 Å². The molecule has 90 valence electrons. The minimum absolute atomic E-state index is 0.248. The van der Waals surface area contributed by atoms with Crippen molar-refractivity contribution >= 4 is 21.6 Å². The summed E-state index contributed by atoms with van der Waals surface area (Å²) >= 11 is 3.51. The first-order chi connectivity index (χ1) is 8.04. The largest absolute Gasteiger partial charge is 0.378 e. The van der Waals surface area contributed by atoms with Crippen LogP contribution < -0.4 is 5.32 Å². The van der Waals surface area contributed by atoms with Gasteiger partial charge in [-0.05, 0) is 37.6 Å². The Kier molecular flexibility index (Phi) is 3.52. The van der Waals surface area contributed by atoms with E-state index >= 15 is 0 Å². The van der Waals surface area contributed by atoms with Crippen LogP contribution in [0.3, 0.4) is 0 Å². The van der Waals surface area contributed by atoms with E-state index in [1.54, 1.807) is 0 Å². The Morgan fingerprint density at radius 1 is 1.35 bits per heavy atom. The number of hydrogen-bond donors (Lipinski definition) is 1. The maximum absolute atomic E-state index is 4.18. The maximum atomic E-state index is 4.18. The van der Waals surface area contributed by atoms with Crippen molar-refractivity contribution in [1.29, 1.82) is 0 Å². The quantitative estimate of drug-likeness (QED) is 0.936. The first-order valence-electron chi connectivity index (χ1n) is 5.57. The molecule has 0 aliphatic rings. The summed E-state index contributed by atoms with van der Waals surface area (Å²) in [5.74, 6) is 0. The van der Waals surface area contributed by atoms with Crippen LogP contribution in [0.25, 0.3) is 0 Å². The molecule has 0 spiro atoms. The van der Waals surface area contributed by atoms with Gasteiger partial charge in [-0.2, -0.15) is 5.10 Å². The number of rotatable bonds is 3. The Bertz CT molecular complexity index is 499. The standard InChI is InChI=1S/C13H16BrN3/c1-9-4-12(14)6-13(5-9)16-10(2)11-7-15-17(3)8-11/h4-8,10,16H,1-3H3. The van der Waals surface area contributed by atoms with Crippen molar-refractivity contribution in [2.75, 3.05) is 5.32 Å². The molecule has 0 fully saturated rings. The topological polar surface area (TPSA) is 29.9 Å². The van der Waals surface area contributed by atoms with E-state index in [0.717, 1.165) is 10.2 Å². The molecule has 0 saturated heterocycles. The highest BCUT2D eigenvalue weighted by Gasteiger charge is 2.07. The van der Waals surface area contributed by atoms with Gasteiger partial charge in [0, 0.05) is 29.0 Å². The molecule has 0 saturated carbocycles. The summed E-state index contributed by atoms with van der Waals surface area (Å²) in [5, 5.41) is 7.65. The van der Waals surface area contributed by atoms with Gasteiger partial charge in [-0.15, -0.1) is 0 Å². The molecule has 1 atom stereocenters. The predicted octanol–water partition coefficient (Wildman–Crippen LogP) is 3.66. The highest BCUT2D eigenvalue weighted by molar-refractivity contribution is 9.10. The number of hydrogen-bond acceptors (Lipinski definition) is 2. The van der Waals surface area contributed by atoms with Crippen LogP contribution >= 0.6 is 15.9 Å². The van der Waals surface area contributed by atoms with Gasteiger partial charge in [0.2, 0.25) is 0 Å². The summed E-state index contributed by atoms with van der Waals surface area (Å²) in [7, 11) is 1.93. The molecule has 0 radical (unpaired) electrons. The molecule has 2 aromatic rings. The Balaban J connectivity index is 2.15. The molecular formula is C13H16BrN3. The molecule has 1 heterocycles. The Morgan fingerprint density at radius 3 is 2.71 bits per heavy atom. The summed E-state index contributed by atoms with van der Waals surface area (Å²) < 4.78 is 2.91. The van der Waals surface area contributed by atoms with Gasteiger partial charge in [0.15, 0.2) is 0 Å². The zero-order chi connectivity index (χ0) is 12.4. The summed E-state index contributed by atoms with van der Waals surface area (Å²) in [5.41, 5.74) is 3.54. The number of anilines is 1. The average Bonchev–Trinajstić information content (AvgIpc) is 2.63. The molecular weight excluding hydrogens is 278 g/mol. The van der Waals surface area contributed by atoms with Crippen molar-refractivity contribution in [3.8, 4) is 0 Å². The lowest BCUT2D eigenvalue weighted by atomic mass is 10.1. The molecule has 3 nitrogen and oxygen atoms in total. The van der Waals surface area contributed by atoms with E-state index in [1.807, 2.05) is 24.1 Å². The van der Waals surface area contributed by atoms with Crippen molar-refractivity contribution in [2.45, 2.75) is 19.9 Å². The molecule has 4 heteroatoms. The summed E-state index contributed by atoms with van der Waals surface area (Å²) in [6.07, 6.45) is 3.92. The Hall–Kier alpha value is -1.29. The van der Waals surface area contributed by atoms with Crippen LogP contribution in [0.2, 0.25) is 0 Å². The lowest BCUT2D eigenvalue weighted by Crippen LogP contribution is -2.05. The number of benzene rings is 1. The molecule has 1 unspecified atom stereocenters. The maximum Gasteiger partial charge on any atom is 0.0542 e. The van der Waals surface area contributed by atoms with E-state index < -0.39 is 0 Å². The molecule has 0 amide bonds. The second-order valence-corrected chi connectivity index (χ2v) is 5.25. The zero-order valence-electron chi connectivity index (χ0n) is 10.2. The normalized spacial score (nSPS) is 12.5. The third kappa shape index (κ3) is 3.09. The van der Waals surface area contributed by atoms with Gasteiger partial charge in [-0.3, -0.25) is 4.68 Å². The third-order valence-electron chi connectivity index (χ3n) is 2.65. The van der Waals surface area contributed by atoms with Crippen molar-refractivity contribution < 1.29 is 0 Å². The second kappa shape index (κ2) is 4.92. The summed E-state index contributed by atoms with van der Waals surface area (Å²) in [6, 6.07) is 6.56. The van der Waals surface area contributed by atoms with E-state index in [9.17, 15) is 0 Å². The molecule has 1 aromatic heterocycles. The van der Waals surface area contributed by atoms with Gasteiger partial charge < -0.3 is 5.32 Å². The Labute approximate surface area is 110 Å². The number of nitrogens with zero attached hydrogens (tertiary/aromatic N) is 2. The monoisotopic (exact) mass is 293 g/mol. The van der Waals surface area contributed by atoms with Gasteiger partial charge in [0.25, 0.3) is 0 Å². The number of nitrogens with one attached hydrogen (secondary N) is 1. The third-order valence-corrected chi connectivity index (χ3v) is 3.11. The lowest BCUT2D eigenvalue weighted by molar-refractivity contribution is 0.765. The average molecular weight is 294 g/mol. The molecule has 0 aliphatic heterocycles. The highest BCUT2D eigenvalue weighted by Crippen LogP contribution is 2.23. The highest BCUT2D eigenvalue weighted by atomic mass is 79.9. The molecule has 17 heavy (non-hydrogen) atoms. The van der Waals surface area contributed by atoms with Crippen LogP contribution in [-0.4, -0.2) is 9.78 Å². The fraction of sp³-hybridized carbons (Fsp3) is 0.308. The van der Waals surface area contributed by atoms with Crippen LogP contribution in [0.4, 0.5) is 5.69 Å². The lowest BCUT2D eigenvalue weighted by Gasteiger charge is -2.14. The minimum atomic E-state index is 0.248. The first-order valence-corrected chi connectivity index (χ1v) is 6.36. The van der Waals surface area contributed by atoms with Crippen molar-refractivity contribution in [3.63, 3.8) is 0 Å². The van der Waals surface area contributed by atoms with Crippen LogP contribution in [0.15, 0.2) is 35.1 Å². The van der Waals surface area contributed by atoms with Crippen LogP contribution in [0, 0.1) is 6.92 Å². The fourth-order valence-corrected chi connectivity index (χ4v) is 2.42. The first kappa shape index (κ1) is 12.2. The van der Waals surface area contributed by atoms with E-state index in [2.05, 4.69) is 58.4 Å². The number of halogens is 1. The SMILES string of the molecule is Cc1cc(Br)cc(NC(C)c2cnn(C)c2)c1. The van der Waals surface area contributed by atoms with Crippen molar-refractivity contribution in [3.05, 3.63) is 46.2 Å². The fourth-order valence-electron chi connectivity index (χ4n) is 1.82. The minimum Gasteiger partial charge on any atom is -0.378 e. The summed E-state index contributed by atoms with van der Waals surface area (Å²) in [4.78, 5) is 0. The Morgan fingerprint density at radius 2 is 2.12 bits per heavy atom. The van der Waals surface area contributed by atoms with Gasteiger partial charge in [-0.1, -0.05) is 15.9 Å². The van der Waals surface area contributed by atoms with Gasteiger partial charge >= 0.3 is 0 Å². The predicted molar refractivity (Wildman–Crippen MR) is 74.1 cm³/mol. The van der Waals surface area contributed by atoms with Gasteiger partial charge in [-0.25, -0.2) is 0 Å². The zero-order valence-corrected chi connectivity index (χ0v) is 11.8. The van der Waals surface area contributed by atoms with Gasteiger partial charge in [0.1, 0.15) is 0 Å². The van der Waals surface area contributed by atoms with E-state index in [-0.39, 0.29) is 6.04 Å². The molecule has 0 bridgehead atoms. The van der Waals surface area contributed by atoms with E-state index in [0.29, 0.717) is 0 Å². The second-order valence-electron chi connectivity index (χ2n) is 4.33. The van der Waals surface area contributed by atoms with Gasteiger partial charge in [0.05, 0.1) is 12.2 Å². The number of aromatic nitrogens is 2. The van der Waals surface area contributed by atoms with E-state index in [4.69, 9.17) is 0 Å². The number of aryl methyl sites for hydroxylation is 2. The smallest absolute Gasteiger partial charge is 0.0542 e. The van der Waals surface area contributed by atoms with Crippen LogP contribution in [0.1, 0.15) is 24.1 Å². The molecule has 1 aromatic carbocycles. The van der Waals surface area contributed by atoms with Crippen LogP contribution in [-0.2, 0) is 7.05 Å². The molecule has 1 N–H and O–H groups in total. The molecule has 0 aliphatic carbocycles. The molecule has 2 rings (SSSR count).